The number of hydrazone groups is 1. The van der Waals surface area contributed by atoms with Crippen molar-refractivity contribution in [3.05, 3.63) is 59.2 Å². The minimum atomic E-state index is -0.459. The van der Waals surface area contributed by atoms with Gasteiger partial charge in [0.05, 0.1) is 25.9 Å². The number of ether oxygens (including phenoxy) is 4. The van der Waals surface area contributed by atoms with E-state index in [1.807, 2.05) is 31.2 Å². The Hall–Kier alpha value is -3.63. The maximum absolute atomic E-state index is 12.6. The minimum absolute atomic E-state index is 0.0106. The molecule has 10 heteroatoms. The summed E-state index contributed by atoms with van der Waals surface area (Å²) >= 11 is 1.34. The van der Waals surface area contributed by atoms with Gasteiger partial charge in [0.15, 0.2) is 17.3 Å². The standard InChI is InChI=1S/C27H30N4O5S/c1-4-6-24-30-31-25(28)21(26(32)29-27(31)37-24)16-19-9-10-22(23(17-19)33-3)36-14-12-34-11-13-35-20-8-5-7-18(2)15-20/h5,7-10,15-17,28H,4,6,11-14H2,1-3H3/b21-16+,28-25?. The van der Waals surface area contributed by atoms with Crippen molar-refractivity contribution in [2.75, 3.05) is 33.5 Å². The van der Waals surface area contributed by atoms with Gasteiger partial charge in [-0.3, -0.25) is 10.2 Å². The van der Waals surface area contributed by atoms with E-state index in [0.29, 0.717) is 48.7 Å². The first-order valence-electron chi connectivity index (χ1n) is 12.1. The summed E-state index contributed by atoms with van der Waals surface area (Å²) in [6, 6.07) is 13.2. The van der Waals surface area contributed by atoms with Crippen molar-refractivity contribution in [3.63, 3.8) is 0 Å². The zero-order chi connectivity index (χ0) is 26.2. The molecule has 1 N–H and O–H groups in total. The number of amides is 1. The lowest BCUT2D eigenvalue weighted by molar-refractivity contribution is -0.114. The molecule has 9 nitrogen and oxygen atoms in total. The SMILES string of the molecule is CCCC1=NN2C(=N)/C(=C\c3ccc(OCCOCCOc4cccc(C)c4)c(OC)c3)C(=O)N=C2S1. The molecule has 37 heavy (non-hydrogen) atoms. The highest BCUT2D eigenvalue weighted by atomic mass is 32.2. The molecule has 2 aromatic rings. The van der Waals surface area contributed by atoms with Crippen LogP contribution in [0.15, 0.2) is 58.1 Å². The number of fused-ring (bicyclic) bond motifs is 1. The molecule has 4 rings (SSSR count). The van der Waals surface area contributed by atoms with Crippen molar-refractivity contribution in [2.45, 2.75) is 26.7 Å². The molecule has 2 aromatic carbocycles. The number of carbonyl (C=O) groups excluding carboxylic acids is 1. The van der Waals surface area contributed by atoms with Crippen LogP contribution in [0.4, 0.5) is 0 Å². The number of aliphatic imine (C=N–C) groups is 1. The molecule has 0 saturated heterocycles. The lowest BCUT2D eigenvalue weighted by Gasteiger charge is -2.20. The molecule has 0 unspecified atom stereocenters. The molecule has 194 valence electrons. The van der Waals surface area contributed by atoms with Gasteiger partial charge in [0.2, 0.25) is 5.17 Å². The van der Waals surface area contributed by atoms with Crippen LogP contribution in [0.1, 0.15) is 30.9 Å². The number of benzene rings is 2. The van der Waals surface area contributed by atoms with Crippen molar-refractivity contribution in [1.82, 2.24) is 5.01 Å². The summed E-state index contributed by atoms with van der Waals surface area (Å²) in [4.78, 5) is 16.7. The van der Waals surface area contributed by atoms with Crippen LogP contribution >= 0.6 is 11.8 Å². The summed E-state index contributed by atoms with van der Waals surface area (Å²) < 4.78 is 22.6. The molecule has 2 heterocycles. The number of carbonyl (C=O) groups is 1. The Kier molecular flexibility index (Phi) is 8.97. The van der Waals surface area contributed by atoms with Crippen molar-refractivity contribution in [1.29, 1.82) is 5.41 Å². The Morgan fingerprint density at radius 3 is 2.62 bits per heavy atom. The fourth-order valence-electron chi connectivity index (χ4n) is 3.64. The lowest BCUT2D eigenvalue weighted by atomic mass is 10.1. The number of hydrogen-bond acceptors (Lipinski definition) is 8. The van der Waals surface area contributed by atoms with Gasteiger partial charge in [0.1, 0.15) is 24.0 Å². The van der Waals surface area contributed by atoms with E-state index >= 15 is 0 Å². The first-order valence-corrected chi connectivity index (χ1v) is 12.9. The fraction of sp³-hybridized carbons (Fsp3) is 0.333. The minimum Gasteiger partial charge on any atom is -0.493 e. The Morgan fingerprint density at radius 1 is 1.05 bits per heavy atom. The summed E-state index contributed by atoms with van der Waals surface area (Å²) in [7, 11) is 1.55. The summed E-state index contributed by atoms with van der Waals surface area (Å²) in [6.07, 6.45) is 3.33. The lowest BCUT2D eigenvalue weighted by Crippen LogP contribution is -2.35. The third-order valence-corrected chi connectivity index (χ3v) is 6.40. The van der Waals surface area contributed by atoms with Crippen molar-refractivity contribution < 1.29 is 23.7 Å². The maximum Gasteiger partial charge on any atom is 0.283 e. The molecule has 0 spiro atoms. The highest BCUT2D eigenvalue weighted by Gasteiger charge is 2.35. The molecule has 0 atom stereocenters. The highest BCUT2D eigenvalue weighted by molar-refractivity contribution is 8.26. The van der Waals surface area contributed by atoms with E-state index in [-0.39, 0.29) is 11.4 Å². The Bertz CT molecular complexity index is 1260. The topological polar surface area (TPSA) is 106 Å². The van der Waals surface area contributed by atoms with Crippen LogP contribution in [0, 0.1) is 12.3 Å². The van der Waals surface area contributed by atoms with Gasteiger partial charge in [-0.15, -0.1) is 0 Å². The van der Waals surface area contributed by atoms with Gasteiger partial charge >= 0.3 is 0 Å². The molecule has 0 bridgehead atoms. The average Bonchev–Trinajstić information content (AvgIpc) is 3.29. The van der Waals surface area contributed by atoms with E-state index in [1.54, 1.807) is 31.4 Å². The summed E-state index contributed by atoms with van der Waals surface area (Å²) in [5.74, 6) is 1.44. The normalized spacial score (nSPS) is 16.0. The van der Waals surface area contributed by atoms with E-state index in [4.69, 9.17) is 24.4 Å². The summed E-state index contributed by atoms with van der Waals surface area (Å²) in [5, 5.41) is 15.6. The van der Waals surface area contributed by atoms with Crippen LogP contribution in [0.3, 0.4) is 0 Å². The van der Waals surface area contributed by atoms with Gasteiger partial charge in [0.25, 0.3) is 5.91 Å². The third-order valence-electron chi connectivity index (χ3n) is 5.43. The molecule has 1 amide bonds. The molecule has 0 saturated carbocycles. The van der Waals surface area contributed by atoms with Crippen LogP contribution in [0.5, 0.6) is 17.2 Å². The average molecular weight is 523 g/mol. The van der Waals surface area contributed by atoms with Crippen molar-refractivity contribution in [2.24, 2.45) is 10.1 Å². The Balaban J connectivity index is 1.30. The van der Waals surface area contributed by atoms with Crippen molar-refractivity contribution in [3.8, 4) is 17.2 Å². The largest absolute Gasteiger partial charge is 0.493 e. The number of thioether (sulfide) groups is 1. The monoisotopic (exact) mass is 522 g/mol. The van der Waals surface area contributed by atoms with Crippen LogP contribution < -0.4 is 14.2 Å². The first-order chi connectivity index (χ1) is 18.0. The van der Waals surface area contributed by atoms with Crippen LogP contribution in [0.2, 0.25) is 0 Å². The second-order valence-electron chi connectivity index (χ2n) is 8.30. The number of hydrogen-bond donors (Lipinski definition) is 1. The van der Waals surface area contributed by atoms with Crippen molar-refractivity contribution >= 4 is 39.8 Å². The van der Waals surface area contributed by atoms with Gasteiger partial charge in [0, 0.05) is 0 Å². The third kappa shape index (κ3) is 6.78. The highest BCUT2D eigenvalue weighted by Crippen LogP contribution is 2.32. The van der Waals surface area contributed by atoms with Gasteiger partial charge < -0.3 is 18.9 Å². The van der Waals surface area contributed by atoms with Gasteiger partial charge in [-0.1, -0.05) is 25.1 Å². The maximum atomic E-state index is 12.6. The van der Waals surface area contributed by atoms with E-state index in [9.17, 15) is 4.79 Å². The van der Waals surface area contributed by atoms with E-state index in [1.165, 1.54) is 16.8 Å². The zero-order valence-corrected chi connectivity index (χ0v) is 22.0. The number of aryl methyl sites for hydroxylation is 1. The number of rotatable bonds is 12. The predicted octanol–water partition coefficient (Wildman–Crippen LogP) is 4.90. The molecular weight excluding hydrogens is 492 g/mol. The fourth-order valence-corrected chi connectivity index (χ4v) is 4.63. The Labute approximate surface area is 220 Å². The molecule has 2 aliphatic rings. The second-order valence-corrected chi connectivity index (χ2v) is 9.34. The number of methoxy groups -OCH3 is 1. The van der Waals surface area contributed by atoms with Gasteiger partial charge in [-0.25, -0.2) is 0 Å². The quantitative estimate of drug-likeness (QED) is 0.312. The zero-order valence-electron chi connectivity index (χ0n) is 21.2. The predicted molar refractivity (Wildman–Crippen MR) is 146 cm³/mol. The number of nitrogens with one attached hydrogen (secondary N) is 1. The van der Waals surface area contributed by atoms with Crippen LogP contribution in [-0.4, -0.2) is 60.5 Å². The Morgan fingerprint density at radius 2 is 1.86 bits per heavy atom. The molecular formula is C27H30N4O5S. The molecule has 0 aliphatic carbocycles. The van der Waals surface area contributed by atoms with E-state index in [2.05, 4.69) is 17.0 Å². The number of nitrogens with zero attached hydrogens (tertiary/aromatic N) is 3. The smallest absolute Gasteiger partial charge is 0.283 e. The van der Waals surface area contributed by atoms with Gasteiger partial charge in [-0.2, -0.15) is 15.1 Å². The van der Waals surface area contributed by atoms with Crippen LogP contribution in [0.25, 0.3) is 6.08 Å². The first kappa shape index (κ1) is 26.4. The second kappa shape index (κ2) is 12.6. The van der Waals surface area contributed by atoms with Gasteiger partial charge in [-0.05, 0) is 73.0 Å². The molecule has 0 radical (unpaired) electrons. The summed E-state index contributed by atoms with van der Waals surface area (Å²) in [6.45, 7) is 5.72. The summed E-state index contributed by atoms with van der Waals surface area (Å²) in [5.41, 5.74) is 2.00. The van der Waals surface area contributed by atoms with E-state index in [0.717, 1.165) is 29.2 Å². The molecule has 0 fully saturated rings. The molecule has 2 aliphatic heterocycles. The number of amidine groups is 2. The van der Waals surface area contributed by atoms with Crippen LogP contribution in [-0.2, 0) is 9.53 Å². The van der Waals surface area contributed by atoms with E-state index < -0.39 is 5.91 Å². The molecule has 0 aromatic heterocycles.